The zero-order chi connectivity index (χ0) is 20.2. The molecule has 0 aromatic heterocycles. The van der Waals surface area contributed by atoms with Gasteiger partial charge in [0.1, 0.15) is 18.1 Å². The maximum Gasteiger partial charge on any atom is 0.258 e. The van der Waals surface area contributed by atoms with Crippen LogP contribution in [0, 0.1) is 0 Å². The number of nitrogens with zero attached hydrogens (tertiary/aromatic N) is 1. The molecule has 0 unspecified atom stereocenters. The zero-order valence-corrected chi connectivity index (χ0v) is 16.3. The molecule has 0 spiro atoms. The van der Waals surface area contributed by atoms with Crippen LogP contribution in [0.25, 0.3) is 0 Å². The lowest BCUT2D eigenvalue weighted by molar-refractivity contribution is -0.127. The van der Waals surface area contributed by atoms with Crippen molar-refractivity contribution < 1.29 is 19.1 Å². The van der Waals surface area contributed by atoms with E-state index in [1.165, 1.54) is 0 Å². The van der Waals surface area contributed by atoms with Crippen LogP contribution in [-0.2, 0) is 16.1 Å². The van der Waals surface area contributed by atoms with Crippen molar-refractivity contribution in [2.24, 2.45) is 0 Å². The summed E-state index contributed by atoms with van der Waals surface area (Å²) in [5.41, 5.74) is 0.951. The first-order valence-corrected chi connectivity index (χ1v) is 9.10. The number of nitrogens with one attached hydrogen (secondary N) is 2. The smallest absolute Gasteiger partial charge is 0.258 e. The fraction of sp³-hybridized carbons (Fsp3) is 0.333. The molecule has 0 aliphatic rings. The summed E-state index contributed by atoms with van der Waals surface area (Å²) < 4.78 is 11.0. The Morgan fingerprint density at radius 2 is 1.54 bits per heavy atom. The topological polar surface area (TPSA) is 79.9 Å². The number of hydrogen-bond acceptors (Lipinski definition) is 5. The number of carbonyl (C=O) groups is 2. The van der Waals surface area contributed by atoms with Gasteiger partial charge in [0.2, 0.25) is 5.91 Å². The fourth-order valence-corrected chi connectivity index (χ4v) is 2.21. The first kappa shape index (κ1) is 21.2. The molecule has 0 saturated heterocycles. The minimum Gasteiger partial charge on any atom is -0.492 e. The monoisotopic (exact) mass is 385 g/mol. The van der Waals surface area contributed by atoms with Crippen molar-refractivity contribution in [3.05, 3.63) is 60.2 Å². The predicted octanol–water partition coefficient (Wildman–Crippen LogP) is 1.44. The summed E-state index contributed by atoms with van der Waals surface area (Å²) in [6.45, 7) is 1.62. The Hall–Kier alpha value is -3.06. The molecule has 7 nitrogen and oxygen atoms in total. The van der Waals surface area contributed by atoms with Gasteiger partial charge in [0.25, 0.3) is 5.91 Å². The molecule has 0 radical (unpaired) electrons. The number of rotatable bonds is 11. The third kappa shape index (κ3) is 8.55. The van der Waals surface area contributed by atoms with Gasteiger partial charge < -0.3 is 25.0 Å². The summed E-state index contributed by atoms with van der Waals surface area (Å²) >= 11 is 0. The largest absolute Gasteiger partial charge is 0.492 e. The molecular formula is C21H27N3O4. The molecule has 0 bridgehead atoms. The highest BCUT2D eigenvalue weighted by Crippen LogP contribution is 2.12. The summed E-state index contributed by atoms with van der Waals surface area (Å²) in [4.78, 5) is 25.7. The second-order valence-corrected chi connectivity index (χ2v) is 6.45. The number of amides is 2. The average molecular weight is 385 g/mol. The maximum absolute atomic E-state index is 11.9. The van der Waals surface area contributed by atoms with Gasteiger partial charge in [0.05, 0.1) is 6.54 Å². The van der Waals surface area contributed by atoms with E-state index in [2.05, 4.69) is 15.5 Å². The van der Waals surface area contributed by atoms with Crippen LogP contribution in [0.3, 0.4) is 0 Å². The molecule has 150 valence electrons. The lowest BCUT2D eigenvalue weighted by Gasteiger charge is -2.11. The number of likely N-dealkylation sites (N-methyl/N-ethyl adjacent to an activating group) is 1. The molecule has 0 fully saturated rings. The third-order valence-corrected chi connectivity index (χ3v) is 3.78. The highest BCUT2D eigenvalue weighted by Gasteiger charge is 2.06. The molecule has 28 heavy (non-hydrogen) atoms. The Balaban J connectivity index is 1.61. The molecule has 2 N–H and O–H groups in total. The Morgan fingerprint density at radius 3 is 2.21 bits per heavy atom. The van der Waals surface area contributed by atoms with Gasteiger partial charge in [-0.3, -0.25) is 9.59 Å². The van der Waals surface area contributed by atoms with Crippen molar-refractivity contribution in [1.29, 1.82) is 0 Å². The second-order valence-electron chi connectivity index (χ2n) is 6.45. The van der Waals surface area contributed by atoms with E-state index in [0.29, 0.717) is 18.9 Å². The lowest BCUT2D eigenvalue weighted by atomic mass is 10.2. The van der Waals surface area contributed by atoms with E-state index in [1.54, 1.807) is 12.1 Å². The van der Waals surface area contributed by atoms with Crippen LogP contribution < -0.4 is 20.1 Å². The molecule has 2 rings (SSSR count). The Bertz CT molecular complexity index is 733. The number of ether oxygens (including phenoxy) is 2. The van der Waals surface area contributed by atoms with E-state index in [1.807, 2.05) is 56.6 Å². The van der Waals surface area contributed by atoms with Crippen LogP contribution in [-0.4, -0.2) is 57.1 Å². The van der Waals surface area contributed by atoms with Crippen LogP contribution in [0.1, 0.15) is 5.56 Å². The molecular weight excluding hydrogens is 358 g/mol. The normalized spacial score (nSPS) is 10.4. The van der Waals surface area contributed by atoms with Gasteiger partial charge in [-0.05, 0) is 43.9 Å². The van der Waals surface area contributed by atoms with E-state index in [4.69, 9.17) is 9.47 Å². The number of para-hydroxylation sites is 1. The van der Waals surface area contributed by atoms with Gasteiger partial charge in [-0.25, -0.2) is 0 Å². The van der Waals surface area contributed by atoms with Gasteiger partial charge in [-0.2, -0.15) is 0 Å². The minimum atomic E-state index is -0.349. The molecule has 0 saturated carbocycles. The summed E-state index contributed by atoms with van der Waals surface area (Å²) in [5.74, 6) is 0.788. The number of carbonyl (C=O) groups excluding carboxylic acids is 2. The predicted molar refractivity (Wildman–Crippen MR) is 107 cm³/mol. The summed E-state index contributed by atoms with van der Waals surface area (Å²) in [6, 6.07) is 16.6. The van der Waals surface area contributed by atoms with Crippen LogP contribution in [0.2, 0.25) is 0 Å². The van der Waals surface area contributed by atoms with Gasteiger partial charge in [-0.15, -0.1) is 0 Å². The van der Waals surface area contributed by atoms with E-state index < -0.39 is 0 Å². The molecule has 2 amide bonds. The summed E-state index contributed by atoms with van der Waals surface area (Å²) in [6.07, 6.45) is 0. The minimum absolute atomic E-state index is 0.0945. The lowest BCUT2D eigenvalue weighted by Crippen LogP contribution is -2.38. The van der Waals surface area contributed by atoms with Gasteiger partial charge in [-0.1, -0.05) is 30.3 Å². The molecule has 2 aromatic rings. The Labute approximate surface area is 165 Å². The van der Waals surface area contributed by atoms with E-state index in [9.17, 15) is 9.59 Å². The van der Waals surface area contributed by atoms with Gasteiger partial charge in [0, 0.05) is 13.1 Å². The molecule has 0 aliphatic heterocycles. The molecule has 0 heterocycles. The molecule has 7 heteroatoms. The van der Waals surface area contributed by atoms with Crippen molar-refractivity contribution in [2.45, 2.75) is 6.54 Å². The number of benzene rings is 2. The van der Waals surface area contributed by atoms with Crippen LogP contribution in [0.15, 0.2) is 54.6 Å². The van der Waals surface area contributed by atoms with Gasteiger partial charge >= 0.3 is 0 Å². The summed E-state index contributed by atoms with van der Waals surface area (Å²) in [7, 11) is 3.99. The van der Waals surface area contributed by atoms with Crippen molar-refractivity contribution in [3.8, 4) is 11.5 Å². The van der Waals surface area contributed by atoms with E-state index in [0.717, 1.165) is 17.9 Å². The SMILES string of the molecule is CN(C)CCOc1ccc(CNC(=O)CNC(=O)COc2ccccc2)cc1. The second kappa shape index (κ2) is 11.6. The zero-order valence-electron chi connectivity index (χ0n) is 16.3. The highest BCUT2D eigenvalue weighted by atomic mass is 16.5. The maximum atomic E-state index is 11.9. The standard InChI is InChI=1S/C21H27N3O4/c1-24(2)12-13-27-19-10-8-17(9-11-19)14-22-20(25)15-23-21(26)16-28-18-6-4-3-5-7-18/h3-11H,12-16H2,1-2H3,(H,22,25)(H,23,26). The van der Waals surface area contributed by atoms with Crippen molar-refractivity contribution in [1.82, 2.24) is 15.5 Å². The summed E-state index contributed by atoms with van der Waals surface area (Å²) in [5, 5.41) is 5.29. The van der Waals surface area contributed by atoms with Crippen molar-refractivity contribution in [2.75, 3.05) is 40.4 Å². The van der Waals surface area contributed by atoms with Crippen LogP contribution in [0.4, 0.5) is 0 Å². The Morgan fingerprint density at radius 1 is 0.857 bits per heavy atom. The first-order valence-electron chi connectivity index (χ1n) is 9.10. The van der Waals surface area contributed by atoms with Gasteiger partial charge in [0.15, 0.2) is 6.61 Å². The highest BCUT2D eigenvalue weighted by molar-refractivity contribution is 5.85. The average Bonchev–Trinajstić information content (AvgIpc) is 2.70. The van der Waals surface area contributed by atoms with E-state index in [-0.39, 0.29) is 25.0 Å². The van der Waals surface area contributed by atoms with Crippen molar-refractivity contribution in [3.63, 3.8) is 0 Å². The third-order valence-electron chi connectivity index (χ3n) is 3.78. The first-order chi connectivity index (χ1) is 13.5. The Kier molecular flexibility index (Phi) is 8.81. The molecule has 0 aliphatic carbocycles. The molecule has 0 atom stereocenters. The quantitative estimate of drug-likeness (QED) is 0.612. The molecule has 2 aromatic carbocycles. The van der Waals surface area contributed by atoms with E-state index >= 15 is 0 Å². The van der Waals surface area contributed by atoms with Crippen LogP contribution in [0.5, 0.6) is 11.5 Å². The fourth-order valence-electron chi connectivity index (χ4n) is 2.21. The van der Waals surface area contributed by atoms with Crippen LogP contribution >= 0.6 is 0 Å². The van der Waals surface area contributed by atoms with Crippen molar-refractivity contribution >= 4 is 11.8 Å². The number of hydrogen-bond donors (Lipinski definition) is 2.